The summed E-state index contributed by atoms with van der Waals surface area (Å²) in [7, 11) is 0. The monoisotopic (exact) mass is 241 g/mol. The Kier molecular flexibility index (Phi) is 3.82. The van der Waals surface area contributed by atoms with Gasteiger partial charge in [-0.05, 0) is 37.1 Å². The van der Waals surface area contributed by atoms with Gasteiger partial charge in [0.15, 0.2) is 0 Å². The van der Waals surface area contributed by atoms with Crippen LogP contribution in [-0.4, -0.2) is 4.98 Å². The molecule has 0 aliphatic carbocycles. The van der Waals surface area contributed by atoms with Gasteiger partial charge in [-0.1, -0.05) is 31.5 Å². The highest BCUT2D eigenvalue weighted by Gasteiger charge is 2.03. The molecular weight excluding hydrogens is 222 g/mol. The smallest absolute Gasteiger partial charge is 0.130 e. The summed E-state index contributed by atoms with van der Waals surface area (Å²) in [6.45, 7) is 4.10. The fourth-order valence-electron chi connectivity index (χ4n) is 1.91. The minimum absolute atomic E-state index is 0.724. The number of hydrogen-bond acceptors (Lipinski definition) is 3. The maximum absolute atomic E-state index is 5.77. The molecule has 18 heavy (non-hydrogen) atoms. The Balaban J connectivity index is 2.25. The molecule has 0 unspecified atom stereocenters. The molecule has 3 N–H and O–H groups in total. The summed E-state index contributed by atoms with van der Waals surface area (Å²) in [5, 5.41) is 3.36. The van der Waals surface area contributed by atoms with E-state index in [0.29, 0.717) is 0 Å². The summed E-state index contributed by atoms with van der Waals surface area (Å²) in [6.07, 6.45) is 2.20. The molecule has 0 spiro atoms. The first-order valence-corrected chi connectivity index (χ1v) is 6.28. The molecule has 94 valence electrons. The zero-order valence-electron chi connectivity index (χ0n) is 10.9. The summed E-state index contributed by atoms with van der Waals surface area (Å²) < 4.78 is 0. The number of benzene rings is 1. The Hall–Kier alpha value is -2.03. The van der Waals surface area contributed by atoms with Crippen LogP contribution in [0.1, 0.15) is 24.6 Å². The first kappa shape index (κ1) is 12.4. The van der Waals surface area contributed by atoms with E-state index in [1.165, 1.54) is 5.56 Å². The summed E-state index contributed by atoms with van der Waals surface area (Å²) in [6, 6.07) is 12.1. The van der Waals surface area contributed by atoms with Crippen molar-refractivity contribution in [3.05, 3.63) is 47.7 Å². The minimum Gasteiger partial charge on any atom is -0.397 e. The molecule has 0 atom stereocenters. The molecule has 2 aromatic rings. The number of nitrogen functional groups attached to an aromatic ring is 1. The van der Waals surface area contributed by atoms with Crippen LogP contribution in [0.5, 0.6) is 0 Å². The molecule has 3 heteroatoms. The van der Waals surface area contributed by atoms with Gasteiger partial charge in [0.05, 0.1) is 11.4 Å². The molecule has 0 aliphatic heterocycles. The van der Waals surface area contributed by atoms with Crippen molar-refractivity contribution in [2.24, 2.45) is 0 Å². The van der Waals surface area contributed by atoms with Crippen LogP contribution in [0, 0.1) is 6.92 Å². The quantitative estimate of drug-likeness (QED) is 0.858. The highest BCUT2D eigenvalue weighted by molar-refractivity contribution is 5.62. The molecule has 0 fully saturated rings. The van der Waals surface area contributed by atoms with Gasteiger partial charge >= 0.3 is 0 Å². The van der Waals surface area contributed by atoms with Crippen LogP contribution < -0.4 is 11.1 Å². The second kappa shape index (κ2) is 5.54. The third-order valence-corrected chi connectivity index (χ3v) is 2.93. The molecule has 1 aromatic heterocycles. The van der Waals surface area contributed by atoms with Crippen molar-refractivity contribution in [2.45, 2.75) is 26.7 Å². The summed E-state index contributed by atoms with van der Waals surface area (Å²) >= 11 is 0. The maximum atomic E-state index is 5.77. The number of nitrogens with two attached hydrogens (primary N) is 1. The van der Waals surface area contributed by atoms with Crippen molar-refractivity contribution >= 4 is 17.2 Å². The maximum Gasteiger partial charge on any atom is 0.130 e. The van der Waals surface area contributed by atoms with Crippen molar-refractivity contribution in [3.63, 3.8) is 0 Å². The number of aromatic nitrogens is 1. The second-order valence-corrected chi connectivity index (χ2v) is 4.40. The van der Waals surface area contributed by atoms with E-state index >= 15 is 0 Å². The number of para-hydroxylation sites is 1. The number of pyridine rings is 1. The van der Waals surface area contributed by atoms with Crippen molar-refractivity contribution < 1.29 is 0 Å². The van der Waals surface area contributed by atoms with E-state index < -0.39 is 0 Å². The normalized spacial score (nSPS) is 10.3. The Bertz CT molecular complexity index is 535. The lowest BCUT2D eigenvalue weighted by Crippen LogP contribution is -2.00. The van der Waals surface area contributed by atoms with Gasteiger partial charge in [0, 0.05) is 5.69 Å². The molecule has 0 saturated heterocycles. The largest absolute Gasteiger partial charge is 0.397 e. The summed E-state index contributed by atoms with van der Waals surface area (Å²) in [5.41, 5.74) is 9.79. The van der Waals surface area contributed by atoms with Gasteiger partial charge in [0.1, 0.15) is 5.82 Å². The van der Waals surface area contributed by atoms with Crippen LogP contribution in [0.25, 0.3) is 0 Å². The van der Waals surface area contributed by atoms with Crippen LogP contribution in [0.15, 0.2) is 36.4 Å². The first-order chi connectivity index (χ1) is 8.70. The van der Waals surface area contributed by atoms with Crippen LogP contribution >= 0.6 is 0 Å². The summed E-state index contributed by atoms with van der Waals surface area (Å²) in [4.78, 5) is 4.43. The van der Waals surface area contributed by atoms with E-state index in [1.54, 1.807) is 0 Å². The number of nitrogens with one attached hydrogen (secondary N) is 1. The van der Waals surface area contributed by atoms with Crippen LogP contribution in [0.4, 0.5) is 17.2 Å². The molecule has 0 aliphatic rings. The zero-order chi connectivity index (χ0) is 13.0. The van der Waals surface area contributed by atoms with E-state index in [-0.39, 0.29) is 0 Å². The van der Waals surface area contributed by atoms with Crippen LogP contribution in [0.2, 0.25) is 0 Å². The molecule has 0 amide bonds. The molecule has 0 bridgehead atoms. The van der Waals surface area contributed by atoms with Gasteiger partial charge in [0.2, 0.25) is 0 Å². The van der Waals surface area contributed by atoms with E-state index in [1.807, 2.05) is 25.1 Å². The number of nitrogens with zero attached hydrogens (tertiary/aromatic N) is 1. The molecule has 3 nitrogen and oxygen atoms in total. The molecule has 1 heterocycles. The van der Waals surface area contributed by atoms with Gasteiger partial charge in [-0.3, -0.25) is 0 Å². The van der Waals surface area contributed by atoms with Gasteiger partial charge in [0.25, 0.3) is 0 Å². The van der Waals surface area contributed by atoms with Gasteiger partial charge in [-0.15, -0.1) is 0 Å². The third kappa shape index (κ3) is 2.80. The van der Waals surface area contributed by atoms with E-state index in [9.17, 15) is 0 Å². The highest BCUT2D eigenvalue weighted by Crippen LogP contribution is 2.22. The van der Waals surface area contributed by atoms with Crippen molar-refractivity contribution in [3.8, 4) is 0 Å². The lowest BCUT2D eigenvalue weighted by molar-refractivity contribution is 0.923. The van der Waals surface area contributed by atoms with Gasteiger partial charge in [-0.2, -0.15) is 0 Å². The molecule has 1 aromatic carbocycles. The molecule has 2 rings (SSSR count). The third-order valence-electron chi connectivity index (χ3n) is 2.93. The predicted molar refractivity (Wildman–Crippen MR) is 77.1 cm³/mol. The van der Waals surface area contributed by atoms with Crippen molar-refractivity contribution in [2.75, 3.05) is 11.1 Å². The number of hydrogen-bond donors (Lipinski definition) is 2. The van der Waals surface area contributed by atoms with E-state index in [0.717, 1.165) is 35.7 Å². The fourth-order valence-corrected chi connectivity index (χ4v) is 1.91. The Morgan fingerprint density at radius 3 is 2.67 bits per heavy atom. The average Bonchev–Trinajstić information content (AvgIpc) is 2.37. The SMILES string of the molecule is CCCc1ccccc1Nc1ccc(N)c(C)n1. The average molecular weight is 241 g/mol. The lowest BCUT2D eigenvalue weighted by atomic mass is 10.1. The van der Waals surface area contributed by atoms with Crippen LogP contribution in [-0.2, 0) is 6.42 Å². The Morgan fingerprint density at radius 1 is 1.17 bits per heavy atom. The standard InChI is InChI=1S/C15H19N3/c1-3-6-12-7-4-5-8-14(12)18-15-10-9-13(16)11(2)17-15/h4-5,7-10H,3,6,16H2,1-2H3,(H,17,18). The number of rotatable bonds is 4. The highest BCUT2D eigenvalue weighted by atomic mass is 15.0. The first-order valence-electron chi connectivity index (χ1n) is 6.28. The van der Waals surface area contributed by atoms with Crippen molar-refractivity contribution in [1.29, 1.82) is 0 Å². The van der Waals surface area contributed by atoms with Gasteiger partial charge in [-0.25, -0.2) is 4.98 Å². The van der Waals surface area contributed by atoms with Crippen LogP contribution in [0.3, 0.4) is 0 Å². The molecule has 0 saturated carbocycles. The lowest BCUT2D eigenvalue weighted by Gasteiger charge is -2.11. The number of anilines is 3. The fraction of sp³-hybridized carbons (Fsp3) is 0.267. The topological polar surface area (TPSA) is 50.9 Å². The zero-order valence-corrected chi connectivity index (χ0v) is 10.9. The number of aryl methyl sites for hydroxylation is 2. The molecule has 0 radical (unpaired) electrons. The Morgan fingerprint density at radius 2 is 1.94 bits per heavy atom. The van der Waals surface area contributed by atoms with Gasteiger partial charge < -0.3 is 11.1 Å². The predicted octanol–water partition coefficient (Wildman–Crippen LogP) is 3.67. The Labute approximate surface area is 108 Å². The molecular formula is C15H19N3. The van der Waals surface area contributed by atoms with E-state index in [2.05, 4.69) is 35.4 Å². The van der Waals surface area contributed by atoms with Crippen molar-refractivity contribution in [1.82, 2.24) is 4.98 Å². The van der Waals surface area contributed by atoms with E-state index in [4.69, 9.17) is 5.73 Å². The summed E-state index contributed by atoms with van der Waals surface area (Å²) in [5.74, 6) is 0.838. The minimum atomic E-state index is 0.724. The second-order valence-electron chi connectivity index (χ2n) is 4.40.